The molecule has 1 aliphatic rings. The monoisotopic (exact) mass is 446 g/mol. The molecular weight excluding hydrogens is 419 g/mol. The van der Waals surface area contributed by atoms with E-state index in [2.05, 4.69) is 5.32 Å². The standard InChI is InChI=1S/C24H28ClFN2O3/c1-31-19-13-11-17(12-14-19)16-28(22(29)15-25)23(20-9-5-6-10-21(20)26)24(30)27-18-7-3-2-4-8-18/h5-6,9-14,18,23H,2-4,7-8,15-16H2,1H3,(H,27,30). The lowest BCUT2D eigenvalue weighted by atomic mass is 9.94. The Morgan fingerprint density at radius 2 is 1.81 bits per heavy atom. The van der Waals surface area contributed by atoms with E-state index < -0.39 is 17.8 Å². The van der Waals surface area contributed by atoms with Crippen LogP contribution in [0.1, 0.15) is 49.3 Å². The first kappa shape index (κ1) is 23.1. The van der Waals surface area contributed by atoms with Crippen LogP contribution in [0.3, 0.4) is 0 Å². The summed E-state index contributed by atoms with van der Waals surface area (Å²) in [6, 6.07) is 12.2. The first-order valence-electron chi connectivity index (χ1n) is 10.6. The van der Waals surface area contributed by atoms with Crippen molar-refractivity contribution in [2.45, 2.75) is 50.7 Å². The summed E-state index contributed by atoms with van der Waals surface area (Å²) in [5.74, 6) is -0.987. The zero-order valence-corrected chi connectivity index (χ0v) is 18.4. The fraction of sp³-hybridized carbons (Fsp3) is 0.417. The third-order valence-electron chi connectivity index (χ3n) is 5.66. The van der Waals surface area contributed by atoms with Gasteiger partial charge in [0.2, 0.25) is 11.8 Å². The molecule has 2 aromatic carbocycles. The summed E-state index contributed by atoms with van der Waals surface area (Å²) in [6.07, 6.45) is 5.02. The minimum Gasteiger partial charge on any atom is -0.497 e. The van der Waals surface area contributed by atoms with Gasteiger partial charge in [-0.15, -0.1) is 11.6 Å². The lowest BCUT2D eigenvalue weighted by molar-refractivity contribution is -0.140. The molecular formula is C24H28ClFN2O3. The number of hydrogen-bond donors (Lipinski definition) is 1. The number of benzene rings is 2. The molecule has 3 rings (SSSR count). The Morgan fingerprint density at radius 1 is 1.13 bits per heavy atom. The van der Waals surface area contributed by atoms with Crippen LogP contribution >= 0.6 is 11.6 Å². The summed E-state index contributed by atoms with van der Waals surface area (Å²) >= 11 is 5.89. The minimum atomic E-state index is -1.11. The van der Waals surface area contributed by atoms with Crippen LogP contribution < -0.4 is 10.1 Å². The van der Waals surface area contributed by atoms with Crippen LogP contribution in [0.5, 0.6) is 5.75 Å². The van der Waals surface area contributed by atoms with Gasteiger partial charge in [-0.1, -0.05) is 49.6 Å². The molecule has 7 heteroatoms. The molecule has 1 saturated carbocycles. The van der Waals surface area contributed by atoms with Gasteiger partial charge in [0.05, 0.1) is 7.11 Å². The summed E-state index contributed by atoms with van der Waals surface area (Å²) < 4.78 is 20.0. The predicted octanol–water partition coefficient (Wildman–Crippen LogP) is 4.59. The molecule has 0 bridgehead atoms. The van der Waals surface area contributed by atoms with E-state index in [4.69, 9.17) is 16.3 Å². The molecule has 0 saturated heterocycles. The van der Waals surface area contributed by atoms with E-state index in [0.29, 0.717) is 5.75 Å². The van der Waals surface area contributed by atoms with Crippen LogP contribution in [0.4, 0.5) is 4.39 Å². The molecule has 2 aromatic rings. The number of carbonyl (C=O) groups is 2. The Bertz CT molecular complexity index is 885. The fourth-order valence-electron chi connectivity index (χ4n) is 4.00. The predicted molar refractivity (Wildman–Crippen MR) is 118 cm³/mol. The second-order valence-corrected chi connectivity index (χ2v) is 8.04. The lowest BCUT2D eigenvalue weighted by Gasteiger charge is -2.33. The number of nitrogens with one attached hydrogen (secondary N) is 1. The maximum atomic E-state index is 14.8. The van der Waals surface area contributed by atoms with Crippen molar-refractivity contribution in [3.05, 3.63) is 65.5 Å². The van der Waals surface area contributed by atoms with E-state index >= 15 is 0 Å². The first-order chi connectivity index (χ1) is 15.0. The van der Waals surface area contributed by atoms with Crippen LogP contribution in [-0.2, 0) is 16.1 Å². The maximum absolute atomic E-state index is 14.8. The van der Waals surface area contributed by atoms with Gasteiger partial charge in [0, 0.05) is 18.2 Å². The van der Waals surface area contributed by atoms with Gasteiger partial charge in [0.15, 0.2) is 0 Å². The second kappa shape index (κ2) is 11.1. The Labute approximate surface area is 187 Å². The average Bonchev–Trinajstić information content (AvgIpc) is 2.80. The van der Waals surface area contributed by atoms with E-state index in [9.17, 15) is 14.0 Å². The van der Waals surface area contributed by atoms with E-state index in [1.165, 1.54) is 11.0 Å². The molecule has 1 N–H and O–H groups in total. The minimum absolute atomic E-state index is 0.0319. The quantitative estimate of drug-likeness (QED) is 0.603. The molecule has 0 aromatic heterocycles. The highest BCUT2D eigenvalue weighted by Gasteiger charge is 2.34. The Hall–Kier alpha value is -2.60. The van der Waals surface area contributed by atoms with Crippen molar-refractivity contribution >= 4 is 23.4 Å². The smallest absolute Gasteiger partial charge is 0.247 e. The summed E-state index contributed by atoms with van der Waals surface area (Å²) in [4.78, 5) is 27.6. The van der Waals surface area contributed by atoms with Gasteiger partial charge in [-0.05, 0) is 36.6 Å². The van der Waals surface area contributed by atoms with Gasteiger partial charge in [-0.3, -0.25) is 9.59 Å². The average molecular weight is 447 g/mol. The Morgan fingerprint density at radius 3 is 2.42 bits per heavy atom. The van der Waals surface area contributed by atoms with Crippen LogP contribution in [0, 0.1) is 5.82 Å². The molecule has 2 amide bonds. The van der Waals surface area contributed by atoms with Crippen LogP contribution in [0.25, 0.3) is 0 Å². The molecule has 31 heavy (non-hydrogen) atoms. The SMILES string of the molecule is COc1ccc(CN(C(=O)CCl)C(C(=O)NC2CCCCC2)c2ccccc2F)cc1. The van der Waals surface area contributed by atoms with Crippen molar-refractivity contribution in [2.24, 2.45) is 0 Å². The van der Waals surface area contributed by atoms with E-state index in [0.717, 1.165) is 37.7 Å². The number of ether oxygens (including phenoxy) is 1. The van der Waals surface area contributed by atoms with Crippen LogP contribution in [-0.4, -0.2) is 35.7 Å². The first-order valence-corrected chi connectivity index (χ1v) is 11.1. The number of rotatable bonds is 8. The summed E-state index contributed by atoms with van der Waals surface area (Å²) in [5.41, 5.74) is 0.939. The zero-order chi connectivity index (χ0) is 22.2. The second-order valence-electron chi connectivity index (χ2n) is 7.77. The maximum Gasteiger partial charge on any atom is 0.247 e. The Kier molecular flexibility index (Phi) is 8.29. The molecule has 166 valence electrons. The normalized spacial score (nSPS) is 15.2. The van der Waals surface area contributed by atoms with Gasteiger partial charge in [0.25, 0.3) is 0 Å². The van der Waals surface area contributed by atoms with Crippen molar-refractivity contribution in [3.8, 4) is 5.75 Å². The van der Waals surface area contributed by atoms with Gasteiger partial charge in [-0.25, -0.2) is 4.39 Å². The van der Waals surface area contributed by atoms with Crippen molar-refractivity contribution in [2.75, 3.05) is 13.0 Å². The lowest BCUT2D eigenvalue weighted by Crippen LogP contribution is -2.47. The molecule has 1 aliphatic carbocycles. The molecule has 1 unspecified atom stereocenters. The molecule has 1 atom stereocenters. The van der Waals surface area contributed by atoms with Crippen molar-refractivity contribution in [1.82, 2.24) is 10.2 Å². The van der Waals surface area contributed by atoms with Crippen LogP contribution in [0.2, 0.25) is 0 Å². The van der Waals surface area contributed by atoms with Gasteiger partial charge >= 0.3 is 0 Å². The largest absolute Gasteiger partial charge is 0.497 e. The van der Waals surface area contributed by atoms with E-state index in [-0.39, 0.29) is 29.9 Å². The zero-order valence-electron chi connectivity index (χ0n) is 17.7. The molecule has 0 heterocycles. The fourth-order valence-corrected chi connectivity index (χ4v) is 4.16. The number of halogens is 2. The number of nitrogens with zero attached hydrogens (tertiary/aromatic N) is 1. The number of alkyl halides is 1. The van der Waals surface area contributed by atoms with E-state index in [1.54, 1.807) is 37.4 Å². The number of methoxy groups -OCH3 is 1. The number of carbonyl (C=O) groups excluding carboxylic acids is 2. The third kappa shape index (κ3) is 5.97. The highest BCUT2D eigenvalue weighted by atomic mass is 35.5. The highest BCUT2D eigenvalue weighted by molar-refractivity contribution is 6.27. The summed E-state index contributed by atoms with van der Waals surface area (Å²) in [5, 5.41) is 3.05. The van der Waals surface area contributed by atoms with E-state index in [1.807, 2.05) is 12.1 Å². The van der Waals surface area contributed by atoms with Crippen molar-refractivity contribution < 1.29 is 18.7 Å². The topological polar surface area (TPSA) is 58.6 Å². The highest BCUT2D eigenvalue weighted by Crippen LogP contribution is 2.28. The summed E-state index contributed by atoms with van der Waals surface area (Å²) in [7, 11) is 1.57. The third-order valence-corrected chi connectivity index (χ3v) is 5.89. The summed E-state index contributed by atoms with van der Waals surface area (Å²) in [6.45, 7) is 0.118. The molecule has 1 fully saturated rings. The number of hydrogen-bond acceptors (Lipinski definition) is 3. The number of amides is 2. The molecule has 0 spiro atoms. The van der Waals surface area contributed by atoms with Crippen molar-refractivity contribution in [1.29, 1.82) is 0 Å². The molecule has 0 aliphatic heterocycles. The molecule has 5 nitrogen and oxygen atoms in total. The van der Waals surface area contributed by atoms with Crippen molar-refractivity contribution in [3.63, 3.8) is 0 Å². The van der Waals surface area contributed by atoms with Crippen LogP contribution in [0.15, 0.2) is 48.5 Å². The Balaban J connectivity index is 1.94. The van der Waals surface area contributed by atoms with Gasteiger partial charge in [0.1, 0.15) is 23.5 Å². The van der Waals surface area contributed by atoms with Gasteiger partial charge in [-0.2, -0.15) is 0 Å². The molecule has 0 radical (unpaired) electrons. The van der Waals surface area contributed by atoms with Gasteiger partial charge < -0.3 is 15.0 Å².